The summed E-state index contributed by atoms with van der Waals surface area (Å²) >= 11 is 1.24. The third kappa shape index (κ3) is 4.38. The van der Waals surface area contributed by atoms with E-state index in [0.717, 1.165) is 11.3 Å². The van der Waals surface area contributed by atoms with Crippen LogP contribution in [0.3, 0.4) is 0 Å². The van der Waals surface area contributed by atoms with Crippen molar-refractivity contribution in [3.05, 3.63) is 88.7 Å². The van der Waals surface area contributed by atoms with Crippen molar-refractivity contribution in [2.24, 2.45) is 0 Å². The number of benzene rings is 3. The molecule has 0 radical (unpaired) electrons. The third-order valence-corrected chi connectivity index (χ3v) is 6.16. The first-order valence-corrected chi connectivity index (χ1v) is 11.1. The number of thioether (sulfide) groups is 1. The number of carbonyl (C=O) groups excluding carboxylic acids is 1. The van der Waals surface area contributed by atoms with Crippen LogP contribution in [0.1, 0.15) is 12.5 Å². The Labute approximate surface area is 190 Å². The fourth-order valence-electron chi connectivity index (χ4n) is 3.33. The fraction of sp³-hybridized carbons (Fsp3) is 0.160. The molecule has 0 saturated heterocycles. The summed E-state index contributed by atoms with van der Waals surface area (Å²) in [4.78, 5) is 31.0. The van der Waals surface area contributed by atoms with Crippen molar-refractivity contribution in [3.8, 4) is 11.4 Å². The quantitative estimate of drug-likeness (QED) is 0.340. The van der Waals surface area contributed by atoms with Gasteiger partial charge in [-0.3, -0.25) is 14.2 Å². The van der Waals surface area contributed by atoms with Gasteiger partial charge in [-0.15, -0.1) is 0 Å². The van der Waals surface area contributed by atoms with Crippen LogP contribution in [0, 0.1) is 6.92 Å². The molecule has 1 unspecified atom stereocenters. The number of hydrogen-bond acceptors (Lipinski definition) is 5. The van der Waals surface area contributed by atoms with Gasteiger partial charge in [0.05, 0.1) is 29.0 Å². The van der Waals surface area contributed by atoms with Crippen LogP contribution in [0.25, 0.3) is 16.6 Å². The lowest BCUT2D eigenvalue weighted by Gasteiger charge is -2.17. The number of hydrogen-bond donors (Lipinski definition) is 1. The maximum Gasteiger partial charge on any atom is 0.266 e. The maximum atomic E-state index is 13.4. The number of rotatable bonds is 6. The molecule has 1 heterocycles. The largest absolute Gasteiger partial charge is 0.497 e. The van der Waals surface area contributed by atoms with E-state index >= 15 is 0 Å². The highest BCUT2D eigenvalue weighted by atomic mass is 32.2. The van der Waals surface area contributed by atoms with Gasteiger partial charge in [0, 0.05) is 11.8 Å². The molecule has 0 spiro atoms. The number of methoxy groups -OCH3 is 1. The van der Waals surface area contributed by atoms with Crippen LogP contribution in [-0.2, 0) is 4.79 Å². The van der Waals surface area contributed by atoms with Crippen LogP contribution in [0.5, 0.6) is 5.75 Å². The van der Waals surface area contributed by atoms with E-state index in [9.17, 15) is 9.59 Å². The van der Waals surface area contributed by atoms with Crippen molar-refractivity contribution in [3.63, 3.8) is 0 Å². The monoisotopic (exact) mass is 445 g/mol. The van der Waals surface area contributed by atoms with Gasteiger partial charge in [0.15, 0.2) is 5.16 Å². The summed E-state index contributed by atoms with van der Waals surface area (Å²) in [6, 6.07) is 22.1. The van der Waals surface area contributed by atoms with Crippen molar-refractivity contribution in [2.75, 3.05) is 12.4 Å². The van der Waals surface area contributed by atoms with Gasteiger partial charge in [-0.25, -0.2) is 4.98 Å². The predicted molar refractivity (Wildman–Crippen MR) is 129 cm³/mol. The minimum absolute atomic E-state index is 0.163. The molecule has 1 aromatic heterocycles. The summed E-state index contributed by atoms with van der Waals surface area (Å²) in [7, 11) is 1.58. The topological polar surface area (TPSA) is 73.2 Å². The average molecular weight is 446 g/mol. The second-order valence-electron chi connectivity index (χ2n) is 7.32. The standard InChI is InChI=1S/C25H23N3O3S/c1-16-9-4-6-13-21(16)26-23(29)17(2)32-25-27-22-14-7-5-12-20(22)24(30)28(25)18-10-8-11-19(15-18)31-3/h4-15,17H,1-3H3,(H,26,29). The number of aryl methyl sites for hydroxylation is 1. The van der Waals surface area contributed by atoms with Crippen molar-refractivity contribution >= 4 is 34.3 Å². The number of amides is 1. The Morgan fingerprint density at radius 1 is 1.06 bits per heavy atom. The zero-order valence-electron chi connectivity index (χ0n) is 18.0. The summed E-state index contributed by atoms with van der Waals surface area (Å²) in [6.07, 6.45) is 0. The molecule has 1 atom stereocenters. The number of fused-ring (bicyclic) bond motifs is 1. The van der Waals surface area contributed by atoms with Gasteiger partial charge in [0.25, 0.3) is 5.56 Å². The predicted octanol–water partition coefficient (Wildman–Crippen LogP) is 4.82. The highest BCUT2D eigenvalue weighted by Crippen LogP contribution is 2.27. The molecule has 32 heavy (non-hydrogen) atoms. The van der Waals surface area contributed by atoms with Gasteiger partial charge < -0.3 is 10.1 Å². The van der Waals surface area contributed by atoms with Crippen LogP contribution in [0.4, 0.5) is 5.69 Å². The Morgan fingerprint density at radius 2 is 1.81 bits per heavy atom. The molecular weight excluding hydrogens is 422 g/mol. The van der Waals surface area contributed by atoms with Crippen molar-refractivity contribution < 1.29 is 9.53 Å². The zero-order valence-corrected chi connectivity index (χ0v) is 18.8. The van der Waals surface area contributed by atoms with E-state index in [2.05, 4.69) is 5.32 Å². The van der Waals surface area contributed by atoms with E-state index in [4.69, 9.17) is 9.72 Å². The smallest absolute Gasteiger partial charge is 0.266 e. The first-order valence-electron chi connectivity index (χ1n) is 10.2. The maximum absolute atomic E-state index is 13.4. The van der Waals surface area contributed by atoms with Gasteiger partial charge in [-0.05, 0) is 49.7 Å². The molecule has 0 aliphatic carbocycles. The second-order valence-corrected chi connectivity index (χ2v) is 8.63. The molecule has 0 aliphatic rings. The Hall–Kier alpha value is -3.58. The van der Waals surface area contributed by atoms with E-state index in [1.54, 1.807) is 32.2 Å². The molecular formula is C25H23N3O3S. The second kappa shape index (κ2) is 9.28. The van der Waals surface area contributed by atoms with Crippen molar-refractivity contribution in [1.29, 1.82) is 0 Å². The molecule has 7 heteroatoms. The highest BCUT2D eigenvalue weighted by molar-refractivity contribution is 8.00. The third-order valence-electron chi connectivity index (χ3n) is 5.11. The molecule has 0 saturated carbocycles. The van der Waals surface area contributed by atoms with Crippen LogP contribution < -0.4 is 15.6 Å². The van der Waals surface area contributed by atoms with Crippen LogP contribution in [0.2, 0.25) is 0 Å². The summed E-state index contributed by atoms with van der Waals surface area (Å²) in [5.74, 6) is 0.466. The summed E-state index contributed by atoms with van der Waals surface area (Å²) in [5, 5.41) is 3.43. The molecule has 4 aromatic rings. The summed E-state index contributed by atoms with van der Waals surface area (Å²) < 4.78 is 6.87. The van der Waals surface area contributed by atoms with Gasteiger partial charge in [-0.1, -0.05) is 48.2 Å². The first-order chi connectivity index (χ1) is 15.5. The summed E-state index contributed by atoms with van der Waals surface area (Å²) in [5.41, 5.74) is 2.77. The molecule has 3 aromatic carbocycles. The number of para-hydroxylation sites is 2. The van der Waals surface area contributed by atoms with E-state index in [1.807, 2.05) is 61.5 Å². The fourth-order valence-corrected chi connectivity index (χ4v) is 4.25. The van der Waals surface area contributed by atoms with Gasteiger partial charge in [0.1, 0.15) is 5.75 Å². The van der Waals surface area contributed by atoms with Crippen LogP contribution >= 0.6 is 11.8 Å². The van der Waals surface area contributed by atoms with E-state index in [0.29, 0.717) is 27.5 Å². The van der Waals surface area contributed by atoms with E-state index < -0.39 is 5.25 Å². The van der Waals surface area contributed by atoms with Gasteiger partial charge in [-0.2, -0.15) is 0 Å². The number of nitrogens with zero attached hydrogens (tertiary/aromatic N) is 2. The molecule has 1 N–H and O–H groups in total. The van der Waals surface area contributed by atoms with Crippen LogP contribution in [0.15, 0.2) is 82.7 Å². The molecule has 0 fully saturated rings. The number of aromatic nitrogens is 2. The number of ether oxygens (including phenoxy) is 1. The number of nitrogens with one attached hydrogen (secondary N) is 1. The molecule has 4 rings (SSSR count). The van der Waals surface area contributed by atoms with Crippen molar-refractivity contribution in [2.45, 2.75) is 24.3 Å². The molecule has 1 amide bonds. The first kappa shape index (κ1) is 21.6. The van der Waals surface area contributed by atoms with Crippen LogP contribution in [-0.4, -0.2) is 27.8 Å². The Kier molecular flexibility index (Phi) is 6.28. The SMILES string of the molecule is COc1cccc(-n2c(SC(C)C(=O)Nc3ccccc3C)nc3ccccc3c2=O)c1. The minimum atomic E-state index is -0.487. The van der Waals surface area contributed by atoms with Crippen molar-refractivity contribution in [1.82, 2.24) is 9.55 Å². The van der Waals surface area contributed by atoms with Gasteiger partial charge >= 0.3 is 0 Å². The minimum Gasteiger partial charge on any atom is -0.497 e. The lowest BCUT2D eigenvalue weighted by Crippen LogP contribution is -2.26. The zero-order chi connectivity index (χ0) is 22.7. The Balaban J connectivity index is 1.74. The Bertz CT molecular complexity index is 1350. The molecule has 0 aliphatic heterocycles. The molecule has 0 bridgehead atoms. The molecule has 162 valence electrons. The Morgan fingerprint density at radius 3 is 2.59 bits per heavy atom. The van der Waals surface area contributed by atoms with E-state index in [1.165, 1.54) is 16.3 Å². The number of carbonyl (C=O) groups is 1. The van der Waals surface area contributed by atoms with Gasteiger partial charge in [0.2, 0.25) is 5.91 Å². The average Bonchev–Trinajstić information content (AvgIpc) is 2.80. The normalized spacial score (nSPS) is 11.8. The summed E-state index contributed by atoms with van der Waals surface area (Å²) in [6.45, 7) is 3.74. The highest BCUT2D eigenvalue weighted by Gasteiger charge is 2.21. The lowest BCUT2D eigenvalue weighted by atomic mass is 10.2. The van der Waals surface area contributed by atoms with E-state index in [-0.39, 0.29) is 11.5 Å². The number of anilines is 1. The molecule has 6 nitrogen and oxygen atoms in total. The lowest BCUT2D eigenvalue weighted by molar-refractivity contribution is -0.115.